The van der Waals surface area contributed by atoms with Crippen molar-refractivity contribution in [2.24, 2.45) is 0 Å². The summed E-state index contributed by atoms with van der Waals surface area (Å²) >= 11 is 0. The predicted octanol–water partition coefficient (Wildman–Crippen LogP) is 6.59. The maximum absolute atomic E-state index is 14.0. The minimum absolute atomic E-state index is 0.168. The van der Waals surface area contributed by atoms with Crippen LogP contribution in [0.5, 0.6) is 11.5 Å². The van der Waals surface area contributed by atoms with Gasteiger partial charge in [-0.2, -0.15) is 0 Å². The van der Waals surface area contributed by atoms with E-state index in [-0.39, 0.29) is 17.7 Å². The summed E-state index contributed by atoms with van der Waals surface area (Å²) in [7, 11) is 0. The van der Waals surface area contributed by atoms with Crippen molar-refractivity contribution in [2.45, 2.75) is 39.2 Å². The molecule has 0 radical (unpaired) electrons. The number of hydrogen-bond donors (Lipinski definition) is 1. The summed E-state index contributed by atoms with van der Waals surface area (Å²) in [5.74, 6) is -1.90. The zero-order valence-electron chi connectivity index (χ0n) is 21.8. The molecule has 4 aromatic carbocycles. The van der Waals surface area contributed by atoms with E-state index in [9.17, 15) is 19.5 Å². The van der Waals surface area contributed by atoms with Gasteiger partial charge in [0.25, 0.3) is 11.8 Å². The second-order valence-corrected chi connectivity index (χ2v) is 9.41. The number of amides is 2. The predicted molar refractivity (Wildman–Crippen MR) is 149 cm³/mol. The number of carboxylic acid groups (broad SMARTS) is 1. The van der Waals surface area contributed by atoms with Crippen LogP contribution in [0.4, 0.5) is 5.69 Å². The second-order valence-electron chi connectivity index (χ2n) is 9.41. The van der Waals surface area contributed by atoms with Crippen molar-refractivity contribution in [2.75, 3.05) is 11.5 Å². The van der Waals surface area contributed by atoms with Gasteiger partial charge in [0.05, 0.1) is 29.3 Å². The first kappa shape index (κ1) is 26.0. The van der Waals surface area contributed by atoms with Crippen molar-refractivity contribution in [3.8, 4) is 11.5 Å². The molecule has 0 saturated carbocycles. The molecular formula is C32H29NO6. The highest BCUT2D eigenvalue weighted by molar-refractivity contribution is 6.38. The van der Waals surface area contributed by atoms with Gasteiger partial charge in [-0.05, 0) is 36.1 Å². The van der Waals surface area contributed by atoms with Crippen molar-refractivity contribution >= 4 is 34.2 Å². The van der Waals surface area contributed by atoms with E-state index in [1.165, 1.54) is 0 Å². The van der Waals surface area contributed by atoms with Gasteiger partial charge in [0.15, 0.2) is 0 Å². The van der Waals surface area contributed by atoms with E-state index in [1.54, 1.807) is 31.2 Å². The number of carbonyl (C=O) groups excluding carboxylic acids is 2. The molecule has 39 heavy (non-hydrogen) atoms. The van der Waals surface area contributed by atoms with Crippen LogP contribution in [0, 0.1) is 0 Å². The minimum Gasteiger partial charge on any atom is -0.492 e. The normalized spacial score (nSPS) is 13.4. The van der Waals surface area contributed by atoms with Crippen LogP contribution in [-0.2, 0) is 11.4 Å². The Labute approximate surface area is 226 Å². The molecule has 0 bridgehead atoms. The summed E-state index contributed by atoms with van der Waals surface area (Å²) in [5, 5.41) is 10.9. The van der Waals surface area contributed by atoms with Crippen molar-refractivity contribution in [3.63, 3.8) is 0 Å². The van der Waals surface area contributed by atoms with Crippen molar-refractivity contribution in [1.82, 2.24) is 0 Å². The standard InChI is InChI=1S/C32H29NO6/c1-3-18-38-28-24-12-8-9-13-25(24)29(39-19-20-10-6-5-7-11-20)27-26(28)30(34)33(31(27)35)22-16-14-21(15-17-22)23(4-2)32(36)37/h5-17,23H,3-4,18-19H2,1-2H3,(H,36,37). The van der Waals surface area contributed by atoms with Crippen LogP contribution in [0.3, 0.4) is 0 Å². The van der Waals surface area contributed by atoms with Gasteiger partial charge in [0.2, 0.25) is 0 Å². The zero-order chi connectivity index (χ0) is 27.5. The first-order valence-corrected chi connectivity index (χ1v) is 13.1. The van der Waals surface area contributed by atoms with Gasteiger partial charge in [-0.15, -0.1) is 0 Å². The Bertz CT molecular complexity index is 1540. The van der Waals surface area contributed by atoms with Crippen molar-refractivity contribution < 1.29 is 29.0 Å². The molecule has 7 nitrogen and oxygen atoms in total. The zero-order valence-corrected chi connectivity index (χ0v) is 21.8. The lowest BCUT2D eigenvalue weighted by Gasteiger charge is -2.17. The van der Waals surface area contributed by atoms with E-state index >= 15 is 0 Å². The van der Waals surface area contributed by atoms with Gasteiger partial charge >= 0.3 is 5.97 Å². The SMILES string of the molecule is CCCOc1c2c(c(OCc3ccccc3)c3ccccc13)C(=O)N(c1ccc(C(CC)C(=O)O)cc1)C2=O. The highest BCUT2D eigenvalue weighted by atomic mass is 16.5. The number of imide groups is 1. The molecule has 0 aliphatic carbocycles. The van der Waals surface area contributed by atoms with Gasteiger partial charge in [0, 0.05) is 10.8 Å². The molecule has 4 aromatic rings. The Kier molecular flexibility index (Phi) is 7.32. The lowest BCUT2D eigenvalue weighted by molar-refractivity contribution is -0.138. The molecule has 0 spiro atoms. The number of hydrogen-bond acceptors (Lipinski definition) is 5. The molecule has 1 aliphatic heterocycles. The highest BCUT2D eigenvalue weighted by Gasteiger charge is 2.43. The molecule has 0 aromatic heterocycles. The summed E-state index contributed by atoms with van der Waals surface area (Å²) in [4.78, 5) is 40.6. The Morgan fingerprint density at radius 1 is 0.795 bits per heavy atom. The van der Waals surface area contributed by atoms with Crippen LogP contribution in [0.25, 0.3) is 10.8 Å². The van der Waals surface area contributed by atoms with Crippen LogP contribution in [0.2, 0.25) is 0 Å². The summed E-state index contributed by atoms with van der Waals surface area (Å²) in [6, 6.07) is 23.6. The molecule has 1 aliphatic rings. The molecule has 5 rings (SSSR count). The number of carbonyl (C=O) groups is 3. The third-order valence-electron chi connectivity index (χ3n) is 6.89. The smallest absolute Gasteiger partial charge is 0.310 e. The average Bonchev–Trinajstić information content (AvgIpc) is 3.21. The van der Waals surface area contributed by atoms with Gasteiger partial charge in [-0.1, -0.05) is 80.6 Å². The lowest BCUT2D eigenvalue weighted by Crippen LogP contribution is -2.29. The van der Waals surface area contributed by atoms with Crippen LogP contribution < -0.4 is 14.4 Å². The number of ether oxygens (including phenoxy) is 2. The Morgan fingerprint density at radius 2 is 1.36 bits per heavy atom. The fraction of sp³-hybridized carbons (Fsp3) is 0.219. The van der Waals surface area contributed by atoms with E-state index in [4.69, 9.17) is 9.47 Å². The largest absolute Gasteiger partial charge is 0.492 e. The summed E-state index contributed by atoms with van der Waals surface area (Å²) in [5.41, 5.74) is 2.23. The molecule has 198 valence electrons. The molecular weight excluding hydrogens is 494 g/mol. The highest BCUT2D eigenvalue weighted by Crippen LogP contribution is 2.46. The Hall–Kier alpha value is -4.65. The number of aliphatic carboxylic acids is 1. The van der Waals surface area contributed by atoms with Gasteiger partial charge < -0.3 is 14.6 Å². The number of benzene rings is 4. The Morgan fingerprint density at radius 3 is 1.90 bits per heavy atom. The molecule has 7 heteroatoms. The maximum atomic E-state index is 14.0. The number of fused-ring (bicyclic) bond motifs is 2. The topological polar surface area (TPSA) is 93.1 Å². The van der Waals surface area contributed by atoms with Crippen molar-refractivity contribution in [3.05, 3.63) is 101 Å². The lowest BCUT2D eigenvalue weighted by atomic mass is 9.96. The van der Waals surface area contributed by atoms with E-state index in [1.807, 2.05) is 61.5 Å². The fourth-order valence-corrected chi connectivity index (χ4v) is 4.98. The molecule has 0 fully saturated rings. The molecule has 1 N–H and O–H groups in total. The van der Waals surface area contributed by atoms with Crippen molar-refractivity contribution in [1.29, 1.82) is 0 Å². The minimum atomic E-state index is -0.921. The van der Waals surface area contributed by atoms with Crippen LogP contribution in [-0.4, -0.2) is 29.5 Å². The van der Waals surface area contributed by atoms with E-state index in [0.717, 1.165) is 16.9 Å². The quantitative estimate of drug-likeness (QED) is 0.236. The molecule has 0 saturated heterocycles. The monoisotopic (exact) mass is 523 g/mol. The number of rotatable bonds is 10. The van der Waals surface area contributed by atoms with E-state index in [0.29, 0.717) is 46.6 Å². The van der Waals surface area contributed by atoms with Crippen LogP contribution in [0.15, 0.2) is 78.9 Å². The molecule has 1 heterocycles. The summed E-state index contributed by atoms with van der Waals surface area (Å²) < 4.78 is 12.4. The second kappa shape index (κ2) is 11.0. The van der Waals surface area contributed by atoms with Gasteiger partial charge in [0.1, 0.15) is 18.1 Å². The maximum Gasteiger partial charge on any atom is 0.310 e. The summed E-state index contributed by atoms with van der Waals surface area (Å²) in [6.07, 6.45) is 1.15. The van der Waals surface area contributed by atoms with Gasteiger partial charge in [-0.3, -0.25) is 14.4 Å². The Balaban J connectivity index is 1.63. The number of carboxylic acids is 1. The van der Waals surface area contributed by atoms with Gasteiger partial charge in [-0.25, -0.2) is 4.90 Å². The number of nitrogens with zero attached hydrogens (tertiary/aromatic N) is 1. The third-order valence-corrected chi connectivity index (χ3v) is 6.89. The number of anilines is 1. The summed E-state index contributed by atoms with van der Waals surface area (Å²) in [6.45, 7) is 4.37. The van der Waals surface area contributed by atoms with Crippen LogP contribution in [0.1, 0.15) is 64.4 Å². The first-order chi connectivity index (χ1) is 19.0. The van der Waals surface area contributed by atoms with E-state index in [2.05, 4.69) is 0 Å². The fourth-order valence-electron chi connectivity index (χ4n) is 4.98. The third kappa shape index (κ3) is 4.72. The molecule has 2 amide bonds. The average molecular weight is 524 g/mol. The molecule has 1 atom stereocenters. The molecule has 1 unspecified atom stereocenters. The first-order valence-electron chi connectivity index (χ1n) is 13.1. The van der Waals surface area contributed by atoms with Crippen LogP contribution >= 0.6 is 0 Å². The van der Waals surface area contributed by atoms with E-state index < -0.39 is 23.7 Å².